The van der Waals surface area contributed by atoms with E-state index in [1.165, 1.54) is 13.3 Å². The molecule has 1 heterocycles. The molecule has 0 bridgehead atoms. The van der Waals surface area contributed by atoms with Crippen molar-refractivity contribution in [3.63, 3.8) is 0 Å². The van der Waals surface area contributed by atoms with Gasteiger partial charge in [-0.05, 0) is 29.0 Å². The molecule has 1 unspecified atom stereocenters. The SMILES string of the molecule is CNC(c1occc1Br)c1c(F)cc(F)cc1F. The molecule has 0 amide bonds. The normalized spacial score (nSPS) is 12.7. The number of furan rings is 1. The minimum atomic E-state index is -0.963. The number of benzene rings is 1. The van der Waals surface area contributed by atoms with Crippen molar-refractivity contribution in [2.24, 2.45) is 0 Å². The molecule has 0 saturated heterocycles. The van der Waals surface area contributed by atoms with Crippen molar-refractivity contribution < 1.29 is 17.6 Å². The van der Waals surface area contributed by atoms with Gasteiger partial charge in [-0.1, -0.05) is 0 Å². The Balaban J connectivity index is 2.56. The van der Waals surface area contributed by atoms with Gasteiger partial charge in [0.25, 0.3) is 0 Å². The molecule has 0 spiro atoms. The summed E-state index contributed by atoms with van der Waals surface area (Å²) in [4.78, 5) is 0. The van der Waals surface area contributed by atoms with Crippen LogP contribution < -0.4 is 5.32 Å². The van der Waals surface area contributed by atoms with E-state index in [0.717, 1.165) is 0 Å². The Kier molecular flexibility index (Phi) is 3.77. The van der Waals surface area contributed by atoms with E-state index < -0.39 is 23.5 Å². The van der Waals surface area contributed by atoms with E-state index in [2.05, 4.69) is 21.2 Å². The molecule has 0 saturated carbocycles. The Bertz CT molecular complexity index is 547. The summed E-state index contributed by atoms with van der Waals surface area (Å²) < 4.78 is 46.0. The third-order valence-electron chi connectivity index (χ3n) is 2.53. The molecule has 0 aliphatic heterocycles. The molecular weight excluding hydrogens is 311 g/mol. The quantitative estimate of drug-likeness (QED) is 0.931. The van der Waals surface area contributed by atoms with Crippen LogP contribution in [0, 0.1) is 17.5 Å². The van der Waals surface area contributed by atoms with Crippen molar-refractivity contribution in [2.45, 2.75) is 6.04 Å². The highest BCUT2D eigenvalue weighted by Gasteiger charge is 2.25. The Hall–Kier alpha value is -1.27. The van der Waals surface area contributed by atoms with E-state index in [4.69, 9.17) is 4.42 Å². The summed E-state index contributed by atoms with van der Waals surface area (Å²) in [6.07, 6.45) is 1.39. The maximum atomic E-state index is 13.7. The average molecular weight is 320 g/mol. The Labute approximate surface area is 110 Å². The van der Waals surface area contributed by atoms with Gasteiger partial charge in [-0.25, -0.2) is 13.2 Å². The zero-order valence-corrected chi connectivity index (χ0v) is 10.9. The predicted octanol–water partition coefficient (Wildman–Crippen LogP) is 3.77. The van der Waals surface area contributed by atoms with Gasteiger partial charge in [0, 0.05) is 17.7 Å². The van der Waals surface area contributed by atoms with Crippen LogP contribution in [0.2, 0.25) is 0 Å². The van der Waals surface area contributed by atoms with Crippen LogP contribution in [0.15, 0.2) is 33.4 Å². The number of halogens is 4. The first-order valence-electron chi connectivity index (χ1n) is 5.09. The molecule has 1 aromatic heterocycles. The van der Waals surface area contributed by atoms with Crippen molar-refractivity contribution in [1.82, 2.24) is 5.32 Å². The molecule has 1 N–H and O–H groups in total. The Morgan fingerprint density at radius 1 is 1.22 bits per heavy atom. The lowest BCUT2D eigenvalue weighted by atomic mass is 10.0. The molecule has 96 valence electrons. The lowest BCUT2D eigenvalue weighted by Gasteiger charge is -2.16. The minimum absolute atomic E-state index is 0.283. The van der Waals surface area contributed by atoms with Crippen molar-refractivity contribution in [3.05, 3.63) is 57.7 Å². The fourth-order valence-electron chi connectivity index (χ4n) is 1.75. The van der Waals surface area contributed by atoms with E-state index in [9.17, 15) is 13.2 Å². The van der Waals surface area contributed by atoms with Gasteiger partial charge in [0.2, 0.25) is 0 Å². The molecule has 0 aliphatic rings. The van der Waals surface area contributed by atoms with Crippen LogP contribution >= 0.6 is 15.9 Å². The van der Waals surface area contributed by atoms with Crippen molar-refractivity contribution in [2.75, 3.05) is 7.05 Å². The summed E-state index contributed by atoms with van der Waals surface area (Å²) in [5.41, 5.74) is -0.283. The third-order valence-corrected chi connectivity index (χ3v) is 3.18. The number of nitrogens with one attached hydrogen (secondary N) is 1. The molecule has 2 aromatic rings. The fourth-order valence-corrected chi connectivity index (χ4v) is 2.18. The largest absolute Gasteiger partial charge is 0.466 e. The predicted molar refractivity (Wildman–Crippen MR) is 63.6 cm³/mol. The second-order valence-electron chi connectivity index (χ2n) is 3.64. The lowest BCUT2D eigenvalue weighted by molar-refractivity contribution is 0.432. The van der Waals surface area contributed by atoms with E-state index in [1.807, 2.05) is 0 Å². The van der Waals surface area contributed by atoms with Gasteiger partial charge in [0.1, 0.15) is 23.2 Å². The third kappa shape index (κ3) is 2.30. The summed E-state index contributed by atoms with van der Waals surface area (Å²) in [6.45, 7) is 0. The van der Waals surface area contributed by atoms with E-state index in [-0.39, 0.29) is 5.56 Å². The van der Waals surface area contributed by atoms with Gasteiger partial charge >= 0.3 is 0 Å². The molecule has 0 radical (unpaired) electrons. The van der Waals surface area contributed by atoms with Crippen LogP contribution in [-0.2, 0) is 0 Å². The number of rotatable bonds is 3. The molecule has 6 heteroatoms. The summed E-state index contributed by atoms with van der Waals surface area (Å²) in [5.74, 6) is -2.56. The maximum Gasteiger partial charge on any atom is 0.139 e. The Morgan fingerprint density at radius 3 is 2.28 bits per heavy atom. The lowest BCUT2D eigenvalue weighted by Crippen LogP contribution is -2.20. The van der Waals surface area contributed by atoms with E-state index >= 15 is 0 Å². The molecule has 2 nitrogen and oxygen atoms in total. The van der Waals surface area contributed by atoms with Gasteiger partial charge in [-0.2, -0.15) is 0 Å². The maximum absolute atomic E-state index is 13.7. The van der Waals surface area contributed by atoms with Crippen LogP contribution in [-0.4, -0.2) is 7.05 Å². The second-order valence-corrected chi connectivity index (χ2v) is 4.49. The summed E-state index contributed by atoms with van der Waals surface area (Å²) in [7, 11) is 1.53. The molecule has 0 aliphatic carbocycles. The van der Waals surface area contributed by atoms with Crippen LogP contribution in [0.4, 0.5) is 13.2 Å². The highest BCUT2D eigenvalue weighted by Crippen LogP contribution is 2.32. The zero-order valence-electron chi connectivity index (χ0n) is 9.31. The zero-order chi connectivity index (χ0) is 13.3. The van der Waals surface area contributed by atoms with Crippen LogP contribution in [0.1, 0.15) is 17.4 Å². The molecule has 2 rings (SSSR count). The first-order chi connectivity index (χ1) is 8.54. The van der Waals surface area contributed by atoms with Crippen molar-refractivity contribution in [1.29, 1.82) is 0 Å². The van der Waals surface area contributed by atoms with Gasteiger partial charge in [0.05, 0.1) is 16.8 Å². The van der Waals surface area contributed by atoms with Gasteiger partial charge in [-0.3, -0.25) is 0 Å². The Morgan fingerprint density at radius 2 is 1.83 bits per heavy atom. The topological polar surface area (TPSA) is 25.2 Å². The van der Waals surface area contributed by atoms with Crippen LogP contribution in [0.3, 0.4) is 0 Å². The summed E-state index contributed by atoms with van der Waals surface area (Å²) >= 11 is 3.22. The van der Waals surface area contributed by atoms with Gasteiger partial charge in [0.15, 0.2) is 0 Å². The highest BCUT2D eigenvalue weighted by molar-refractivity contribution is 9.10. The number of hydrogen-bond donors (Lipinski definition) is 1. The fraction of sp³-hybridized carbons (Fsp3) is 0.167. The van der Waals surface area contributed by atoms with E-state index in [1.54, 1.807) is 6.07 Å². The second kappa shape index (κ2) is 5.16. The smallest absolute Gasteiger partial charge is 0.139 e. The molecule has 1 aromatic carbocycles. The highest BCUT2D eigenvalue weighted by atomic mass is 79.9. The first-order valence-corrected chi connectivity index (χ1v) is 5.88. The van der Waals surface area contributed by atoms with Crippen molar-refractivity contribution >= 4 is 15.9 Å². The summed E-state index contributed by atoms with van der Waals surface area (Å²) in [6, 6.07) is 2.05. The number of hydrogen-bond acceptors (Lipinski definition) is 2. The van der Waals surface area contributed by atoms with Gasteiger partial charge in [-0.15, -0.1) is 0 Å². The molecule has 0 fully saturated rings. The molecular formula is C12H9BrF3NO. The monoisotopic (exact) mass is 319 g/mol. The van der Waals surface area contributed by atoms with Gasteiger partial charge < -0.3 is 9.73 Å². The standard InChI is InChI=1S/C12H9BrF3NO/c1-17-11(12-7(13)2-3-18-12)10-8(15)4-6(14)5-9(10)16/h2-5,11,17H,1H3. The van der Waals surface area contributed by atoms with Crippen LogP contribution in [0.25, 0.3) is 0 Å². The molecule has 1 atom stereocenters. The van der Waals surface area contributed by atoms with E-state index in [0.29, 0.717) is 22.4 Å². The van der Waals surface area contributed by atoms with Crippen molar-refractivity contribution in [3.8, 4) is 0 Å². The first kappa shape index (κ1) is 13.2. The molecule has 18 heavy (non-hydrogen) atoms. The summed E-state index contributed by atoms with van der Waals surface area (Å²) in [5, 5.41) is 2.74. The average Bonchev–Trinajstić information content (AvgIpc) is 2.69. The minimum Gasteiger partial charge on any atom is -0.466 e. The van der Waals surface area contributed by atoms with Crippen LogP contribution in [0.5, 0.6) is 0 Å².